The minimum atomic E-state index is -0.663. The van der Waals surface area contributed by atoms with Gasteiger partial charge in [-0.1, -0.05) is 6.07 Å². The molecule has 206 valence electrons. The lowest BCUT2D eigenvalue weighted by atomic mass is 10.0. The zero-order chi connectivity index (χ0) is 27.9. The highest BCUT2D eigenvalue weighted by atomic mass is 17.2. The normalized spacial score (nSPS) is 14.8. The summed E-state index contributed by atoms with van der Waals surface area (Å²) in [6.45, 7) is 22.4. The van der Waals surface area contributed by atoms with Crippen molar-refractivity contribution in [2.24, 2.45) is 0 Å². The van der Waals surface area contributed by atoms with Crippen LogP contribution in [0.1, 0.15) is 117 Å². The molecule has 8 nitrogen and oxygen atoms in total. The summed E-state index contributed by atoms with van der Waals surface area (Å²) in [5, 5.41) is 0. The molecule has 2 unspecified atom stereocenters. The lowest BCUT2D eigenvalue weighted by Crippen LogP contribution is -2.34. The Labute approximate surface area is 216 Å². The fraction of sp³-hybridized carbons (Fsp3) is 0.714. The van der Waals surface area contributed by atoms with Crippen molar-refractivity contribution in [2.75, 3.05) is 0 Å². The Morgan fingerprint density at radius 1 is 0.639 bits per heavy atom. The van der Waals surface area contributed by atoms with E-state index in [1.807, 2.05) is 69.2 Å². The van der Waals surface area contributed by atoms with E-state index in [4.69, 9.17) is 29.0 Å². The van der Waals surface area contributed by atoms with Crippen LogP contribution in [-0.4, -0.2) is 46.6 Å². The number of benzene rings is 1. The number of esters is 2. The Hall–Kier alpha value is -2.00. The number of hydrogen-bond donors (Lipinski definition) is 0. The highest BCUT2D eigenvalue weighted by Crippen LogP contribution is 2.24. The predicted molar refractivity (Wildman–Crippen MR) is 137 cm³/mol. The van der Waals surface area contributed by atoms with E-state index in [1.165, 1.54) is 6.07 Å². The molecule has 1 rings (SSSR count). The zero-order valence-electron chi connectivity index (χ0n) is 24.1. The van der Waals surface area contributed by atoms with Gasteiger partial charge in [-0.15, -0.1) is 0 Å². The molecule has 36 heavy (non-hydrogen) atoms. The van der Waals surface area contributed by atoms with E-state index in [1.54, 1.807) is 32.0 Å². The molecule has 1 aromatic rings. The van der Waals surface area contributed by atoms with Gasteiger partial charge in [-0.2, -0.15) is 0 Å². The Bertz CT molecular complexity index is 794. The Morgan fingerprint density at radius 2 is 0.972 bits per heavy atom. The SMILES string of the molecule is CC(CC(C)(C)OOC(C)(C)C)OC(=O)c1cccc(C(=O)OC(C)CC(C)(C)OOC(C)(C)C)c1. The van der Waals surface area contributed by atoms with Crippen LogP contribution < -0.4 is 0 Å². The molecule has 0 saturated carbocycles. The number of rotatable bonds is 12. The molecule has 8 heteroatoms. The molecule has 0 aliphatic rings. The number of carbonyl (C=O) groups excluding carboxylic acids is 2. The molecular weight excluding hydrogens is 464 g/mol. The largest absolute Gasteiger partial charge is 0.459 e. The van der Waals surface area contributed by atoms with Crippen LogP contribution in [0.5, 0.6) is 0 Å². The maximum Gasteiger partial charge on any atom is 0.338 e. The molecule has 0 aromatic heterocycles. The van der Waals surface area contributed by atoms with E-state index in [-0.39, 0.29) is 11.1 Å². The van der Waals surface area contributed by atoms with Crippen LogP contribution >= 0.6 is 0 Å². The van der Waals surface area contributed by atoms with Gasteiger partial charge < -0.3 is 9.47 Å². The summed E-state index contributed by atoms with van der Waals surface area (Å²) in [5.74, 6) is -1.07. The molecule has 0 bridgehead atoms. The van der Waals surface area contributed by atoms with E-state index >= 15 is 0 Å². The van der Waals surface area contributed by atoms with Gasteiger partial charge in [0.1, 0.15) is 23.4 Å². The minimum Gasteiger partial charge on any atom is -0.459 e. The van der Waals surface area contributed by atoms with Crippen molar-refractivity contribution in [3.8, 4) is 0 Å². The fourth-order valence-electron chi connectivity index (χ4n) is 3.29. The predicted octanol–water partition coefficient (Wildman–Crippen LogP) is 6.61. The van der Waals surface area contributed by atoms with E-state index in [0.29, 0.717) is 12.8 Å². The molecule has 0 amide bonds. The van der Waals surface area contributed by atoms with E-state index in [0.717, 1.165) is 0 Å². The van der Waals surface area contributed by atoms with Gasteiger partial charge in [0.2, 0.25) is 0 Å². The van der Waals surface area contributed by atoms with Gasteiger partial charge in [0.05, 0.1) is 22.3 Å². The van der Waals surface area contributed by atoms with Crippen molar-refractivity contribution in [1.82, 2.24) is 0 Å². The maximum absolute atomic E-state index is 12.7. The molecule has 0 fully saturated rings. The quantitative estimate of drug-likeness (QED) is 0.176. The smallest absolute Gasteiger partial charge is 0.338 e. The lowest BCUT2D eigenvalue weighted by molar-refractivity contribution is -0.399. The third-order valence-corrected chi connectivity index (χ3v) is 4.54. The first kappa shape index (κ1) is 32.0. The van der Waals surface area contributed by atoms with E-state index < -0.39 is 46.6 Å². The van der Waals surface area contributed by atoms with Crippen molar-refractivity contribution >= 4 is 11.9 Å². The second kappa shape index (κ2) is 12.5. The molecule has 0 spiro atoms. The van der Waals surface area contributed by atoms with Gasteiger partial charge in [0, 0.05) is 12.8 Å². The van der Waals surface area contributed by atoms with Gasteiger partial charge in [-0.25, -0.2) is 29.1 Å². The summed E-state index contributed by atoms with van der Waals surface area (Å²) in [5.41, 5.74) is -1.71. The Balaban J connectivity index is 2.70. The van der Waals surface area contributed by atoms with Crippen molar-refractivity contribution < 1.29 is 38.6 Å². The van der Waals surface area contributed by atoms with Gasteiger partial charge in [0.25, 0.3) is 0 Å². The van der Waals surface area contributed by atoms with Crippen LogP contribution in [0.3, 0.4) is 0 Å². The van der Waals surface area contributed by atoms with Gasteiger partial charge in [-0.3, -0.25) is 0 Å². The van der Waals surface area contributed by atoms with Crippen LogP contribution in [0.4, 0.5) is 0 Å². The highest BCUT2D eigenvalue weighted by Gasteiger charge is 2.29. The third-order valence-electron chi connectivity index (χ3n) is 4.54. The van der Waals surface area contributed by atoms with E-state index in [2.05, 4.69) is 0 Å². The van der Waals surface area contributed by atoms with Crippen molar-refractivity contribution in [1.29, 1.82) is 0 Å². The zero-order valence-corrected chi connectivity index (χ0v) is 24.1. The van der Waals surface area contributed by atoms with Crippen molar-refractivity contribution in [2.45, 2.75) is 131 Å². The molecule has 0 N–H and O–H groups in total. The molecule has 1 aromatic carbocycles. The summed E-state index contributed by atoms with van der Waals surface area (Å²) in [6, 6.07) is 6.29. The van der Waals surface area contributed by atoms with E-state index in [9.17, 15) is 9.59 Å². The minimum absolute atomic E-state index is 0.260. The number of ether oxygens (including phenoxy) is 2. The van der Waals surface area contributed by atoms with Crippen LogP contribution in [0.2, 0.25) is 0 Å². The standard InChI is InChI=1S/C28H46O8/c1-19(17-27(9,10)35-33-25(3,4)5)31-23(29)21-14-13-15-22(16-21)24(30)32-20(2)18-28(11,12)36-34-26(6,7)8/h13-16,19-20H,17-18H2,1-12H3. The molecule has 0 saturated heterocycles. The average Bonchev–Trinajstić information content (AvgIpc) is 2.69. The Kier molecular flexibility index (Phi) is 11.1. The average molecular weight is 511 g/mol. The van der Waals surface area contributed by atoms with Crippen LogP contribution in [0.25, 0.3) is 0 Å². The maximum atomic E-state index is 12.7. The van der Waals surface area contributed by atoms with Crippen LogP contribution in [-0.2, 0) is 29.0 Å². The third kappa shape index (κ3) is 13.3. The van der Waals surface area contributed by atoms with Crippen LogP contribution in [0, 0.1) is 0 Å². The molecule has 0 aliphatic carbocycles. The summed E-state index contributed by atoms with van der Waals surface area (Å²) < 4.78 is 11.2. The lowest BCUT2D eigenvalue weighted by Gasteiger charge is -2.30. The van der Waals surface area contributed by atoms with Crippen LogP contribution in [0.15, 0.2) is 24.3 Å². The summed E-state index contributed by atoms with van der Waals surface area (Å²) >= 11 is 0. The Morgan fingerprint density at radius 3 is 1.28 bits per heavy atom. The van der Waals surface area contributed by atoms with Gasteiger partial charge in [-0.05, 0) is 101 Å². The molecule has 0 radical (unpaired) electrons. The first-order valence-corrected chi connectivity index (χ1v) is 12.4. The first-order valence-electron chi connectivity index (χ1n) is 12.4. The van der Waals surface area contributed by atoms with Crippen molar-refractivity contribution in [3.05, 3.63) is 35.4 Å². The topological polar surface area (TPSA) is 89.5 Å². The monoisotopic (exact) mass is 510 g/mol. The second-order valence-corrected chi connectivity index (χ2v) is 12.5. The molecule has 0 aliphatic heterocycles. The first-order chi connectivity index (χ1) is 16.2. The highest BCUT2D eigenvalue weighted by molar-refractivity contribution is 5.95. The van der Waals surface area contributed by atoms with Gasteiger partial charge >= 0.3 is 11.9 Å². The summed E-state index contributed by atoms with van der Waals surface area (Å²) in [4.78, 5) is 47.3. The molecule has 0 heterocycles. The second-order valence-electron chi connectivity index (χ2n) is 12.5. The van der Waals surface area contributed by atoms with Crippen molar-refractivity contribution in [3.63, 3.8) is 0 Å². The summed E-state index contributed by atoms with van der Waals surface area (Å²) in [6.07, 6.45) is -0.0381. The number of hydrogen-bond acceptors (Lipinski definition) is 8. The molecular formula is C28H46O8. The number of carbonyl (C=O) groups is 2. The summed E-state index contributed by atoms with van der Waals surface area (Å²) in [7, 11) is 0. The van der Waals surface area contributed by atoms with Gasteiger partial charge in [0.15, 0.2) is 0 Å². The fourth-order valence-corrected chi connectivity index (χ4v) is 3.29. The molecule has 2 atom stereocenters.